The topological polar surface area (TPSA) is 118 Å². The summed E-state index contributed by atoms with van der Waals surface area (Å²) in [5, 5.41) is 2.13. The first-order valence-electron chi connectivity index (χ1n) is 47.3. The normalized spacial score (nSPS) is 14.4. The minimum absolute atomic E-state index is 0.156. The van der Waals surface area contributed by atoms with Gasteiger partial charge in [0.2, 0.25) is 0 Å². The number of aromatic amines is 1. The highest BCUT2D eigenvalue weighted by atomic mass is 32.1. The van der Waals surface area contributed by atoms with E-state index in [0.29, 0.717) is 37.9 Å². The van der Waals surface area contributed by atoms with Gasteiger partial charge in [0.1, 0.15) is 11.5 Å². The van der Waals surface area contributed by atoms with Crippen molar-refractivity contribution in [1.82, 2.24) is 19.9 Å². The van der Waals surface area contributed by atoms with Crippen molar-refractivity contribution in [2.24, 2.45) is 47.5 Å². The standard InChI is InChI=1S/C10H14.3C9H13N.3C9H14.4C8H13N.2C8H12O.C8H12S/c1-10(2,3)9-7-5-4-6-8-9;1-9(2,3)8-4-6-10-7-5-8;1-9(2,3)8-5-4-6-10-7-8;1-9(2,3)8-6-4-5-7-10-8;3*1-9(2,3)8-6-4-5-7-8;2*1-8(2,3)7-4-5-9-6-7;5*1-8(2,3)7-5-4-6-9-7/h4-8H,1-3H3;3*4-7H,1-3H3;2*4,6-7H,5H2,1-3H3;4-6H,7H2,1-3H3;4,6H,5H2,1-3H3;4-6,9H,1-3H3;5-6H,4H2,1-3H3;4-5H,6H2,1-3H3;3*4-6H,1-3H3. The lowest BCUT2D eigenvalue weighted by Gasteiger charge is -2.19. The van der Waals surface area contributed by atoms with Crippen LogP contribution in [0.4, 0.5) is 0 Å². The Bertz CT molecular complexity index is 4130. The summed E-state index contributed by atoms with van der Waals surface area (Å²) in [5.74, 6) is 2.09. The number of benzene rings is 1. The lowest BCUT2D eigenvalue weighted by molar-refractivity contribution is 0.409. The SMILES string of the molecule is CC(C)(C)C1=CC=CC1.CC(C)(C)C1=CCC=C1.CC(C)(C)C1=CCC=C1.CC(C)(C)C1=CCC=N1.CC(C)(C)C1=CCN=C1.CC(C)(C)C1=NCC=C1.CC(C)(C)c1cc[nH]c1.CC(C)(C)c1ccccc1.CC(C)(C)c1ccccn1.CC(C)(C)c1cccnc1.CC(C)(C)c1ccco1.CC(C)(C)c1ccco1.CC(C)(C)c1cccs1.CC(C)(C)c1ccncc1. The van der Waals surface area contributed by atoms with Gasteiger partial charge in [-0.1, -0.05) is 418 Å². The van der Waals surface area contributed by atoms with Crippen LogP contribution in [0.5, 0.6) is 0 Å². The van der Waals surface area contributed by atoms with Crippen LogP contribution in [-0.2, 0) is 43.3 Å². The molecule has 130 heavy (non-hydrogen) atoms. The monoisotopic (exact) mass is 1790 g/mol. The number of thiophene rings is 1. The van der Waals surface area contributed by atoms with Crippen molar-refractivity contribution >= 4 is 29.5 Å². The molecular weight excluding hydrogens is 1600 g/mol. The van der Waals surface area contributed by atoms with Crippen LogP contribution in [0.1, 0.15) is 361 Å². The molecule has 1 aromatic carbocycles. The molecule has 716 valence electrons. The quantitative estimate of drug-likeness (QED) is 0.162. The molecular formula is C120H183N7O2S. The fraction of sp³-hybridized carbons (Fsp3) is 0.517. The molecule has 10 heterocycles. The Morgan fingerprint density at radius 3 is 1.06 bits per heavy atom. The summed E-state index contributed by atoms with van der Waals surface area (Å²) in [6.45, 7) is 94.1. The van der Waals surface area contributed by atoms with Gasteiger partial charge in [-0.05, 0) is 185 Å². The molecule has 1 N–H and O–H groups in total. The maximum atomic E-state index is 5.20. The van der Waals surface area contributed by atoms with E-state index >= 15 is 0 Å². The van der Waals surface area contributed by atoms with Crippen LogP contribution in [0.15, 0.2) is 307 Å². The number of hydrogen-bond donors (Lipinski definition) is 1. The van der Waals surface area contributed by atoms with Crippen LogP contribution < -0.4 is 0 Å². The number of aliphatic imine (C=N–C) groups is 3. The van der Waals surface area contributed by atoms with Crippen LogP contribution in [0.3, 0.4) is 0 Å². The molecule has 0 radical (unpaired) electrons. The summed E-state index contributed by atoms with van der Waals surface area (Å²) in [7, 11) is 0. The zero-order chi connectivity index (χ0) is 99.5. The molecule has 3 aliphatic heterocycles. The smallest absolute Gasteiger partial charge is 0.109 e. The molecule has 10 heteroatoms. The number of allylic oxidation sites excluding steroid dienone is 16. The highest BCUT2D eigenvalue weighted by molar-refractivity contribution is 7.10. The predicted octanol–water partition coefficient (Wildman–Crippen LogP) is 35.9. The van der Waals surface area contributed by atoms with E-state index in [2.05, 4.69) is 483 Å². The molecule has 0 saturated heterocycles. The maximum absolute atomic E-state index is 5.20. The van der Waals surface area contributed by atoms with Gasteiger partial charge in [0, 0.05) is 111 Å². The van der Waals surface area contributed by atoms with Crippen LogP contribution in [0, 0.1) is 32.5 Å². The van der Waals surface area contributed by atoms with E-state index in [-0.39, 0.29) is 37.9 Å². The summed E-state index contributed by atoms with van der Waals surface area (Å²) in [4.78, 5) is 29.4. The van der Waals surface area contributed by atoms with E-state index in [1.807, 2.05) is 103 Å². The number of furan rings is 2. The lowest BCUT2D eigenvalue weighted by Crippen LogP contribution is -2.16. The first-order chi connectivity index (χ1) is 59.5. The summed E-state index contributed by atoms with van der Waals surface area (Å²) < 4.78 is 10.4. The lowest BCUT2D eigenvalue weighted by atomic mass is 9.86. The predicted molar refractivity (Wildman–Crippen MR) is 578 cm³/mol. The summed E-state index contributed by atoms with van der Waals surface area (Å²) >= 11 is 1.83. The molecule has 0 spiro atoms. The second-order valence-electron chi connectivity index (χ2n) is 47.9. The van der Waals surface area contributed by atoms with E-state index in [4.69, 9.17) is 8.83 Å². The van der Waals surface area contributed by atoms with Gasteiger partial charge in [0.05, 0.1) is 25.6 Å². The maximum Gasteiger partial charge on any atom is 0.109 e. The first kappa shape index (κ1) is 119. The van der Waals surface area contributed by atoms with Gasteiger partial charge in [-0.3, -0.25) is 29.9 Å². The Morgan fingerprint density at radius 2 is 0.846 bits per heavy atom. The van der Waals surface area contributed by atoms with E-state index in [0.717, 1.165) is 56.0 Å². The Balaban J connectivity index is 0.000000700. The highest BCUT2D eigenvalue weighted by Gasteiger charge is 2.24. The first-order valence-corrected chi connectivity index (χ1v) is 48.1. The number of pyridine rings is 3. The largest absolute Gasteiger partial charge is 0.469 e. The Labute approximate surface area is 801 Å². The van der Waals surface area contributed by atoms with Gasteiger partial charge in [0.25, 0.3) is 0 Å². The van der Waals surface area contributed by atoms with Gasteiger partial charge in [-0.15, -0.1) is 11.3 Å². The van der Waals surface area contributed by atoms with E-state index < -0.39 is 0 Å². The van der Waals surface area contributed by atoms with Gasteiger partial charge < -0.3 is 13.8 Å². The molecule has 14 rings (SSSR count). The average Bonchev–Trinajstić information content (AvgIpc) is 1.19. The van der Waals surface area contributed by atoms with Gasteiger partial charge in [0.15, 0.2) is 0 Å². The molecule has 0 amide bonds. The minimum atomic E-state index is 0.156. The number of hydrogen-bond acceptors (Lipinski definition) is 9. The van der Waals surface area contributed by atoms with Crippen molar-refractivity contribution in [3.05, 3.63) is 328 Å². The molecule has 9 nitrogen and oxygen atoms in total. The molecule has 0 unspecified atom stereocenters. The molecule has 0 bridgehead atoms. The van der Waals surface area contributed by atoms with E-state index in [1.165, 1.54) is 55.3 Å². The van der Waals surface area contributed by atoms with Gasteiger partial charge in [-0.25, -0.2) is 0 Å². The van der Waals surface area contributed by atoms with Crippen LogP contribution in [0.2, 0.25) is 0 Å². The summed E-state index contributed by atoms with van der Waals surface area (Å²) in [6, 6.07) is 39.0. The Kier molecular flexibility index (Phi) is 49.5. The van der Waals surface area contributed by atoms with Crippen LogP contribution >= 0.6 is 11.3 Å². The van der Waals surface area contributed by atoms with Crippen molar-refractivity contribution in [3.63, 3.8) is 0 Å². The third kappa shape index (κ3) is 52.8. The number of H-pyrrole nitrogens is 1. The Morgan fingerprint density at radius 1 is 0.346 bits per heavy atom. The number of nitrogens with one attached hydrogen (secondary N) is 1. The van der Waals surface area contributed by atoms with Crippen molar-refractivity contribution < 1.29 is 8.83 Å². The number of nitrogens with zero attached hydrogens (tertiary/aromatic N) is 6. The highest BCUT2D eigenvalue weighted by Crippen LogP contribution is 2.35. The number of rotatable bonds is 0. The van der Waals surface area contributed by atoms with E-state index in [9.17, 15) is 0 Å². The van der Waals surface area contributed by atoms with Crippen molar-refractivity contribution in [2.75, 3.05) is 13.1 Å². The second-order valence-corrected chi connectivity index (χ2v) is 48.9. The number of aromatic nitrogens is 4. The molecule has 7 aromatic heterocycles. The van der Waals surface area contributed by atoms with Gasteiger partial charge >= 0.3 is 0 Å². The van der Waals surface area contributed by atoms with Crippen molar-refractivity contribution in [3.8, 4) is 0 Å². The third-order valence-corrected chi connectivity index (χ3v) is 22.0. The molecule has 0 fully saturated rings. The fourth-order valence-corrected chi connectivity index (χ4v) is 12.7. The average molecular weight is 1790 g/mol. The molecule has 0 atom stereocenters. The second kappa shape index (κ2) is 54.2. The van der Waals surface area contributed by atoms with E-state index in [1.54, 1.807) is 24.3 Å². The van der Waals surface area contributed by atoms with Crippen molar-refractivity contribution in [2.45, 2.75) is 360 Å². The fourth-order valence-electron chi connectivity index (χ4n) is 11.9. The molecule has 3 aliphatic carbocycles. The third-order valence-electron chi connectivity index (χ3n) is 20.7. The Hall–Kier alpha value is -9.12. The summed E-state index contributed by atoms with van der Waals surface area (Å²) in [6.07, 6.45) is 53.6. The van der Waals surface area contributed by atoms with Crippen LogP contribution in [-0.4, -0.2) is 51.2 Å². The summed E-state index contributed by atoms with van der Waals surface area (Å²) in [5.41, 5.74) is 18.6. The zero-order valence-corrected chi connectivity index (χ0v) is 90.9. The molecule has 0 saturated carbocycles. The van der Waals surface area contributed by atoms with Crippen molar-refractivity contribution in [1.29, 1.82) is 0 Å². The minimum Gasteiger partial charge on any atom is -0.469 e. The molecule has 6 aliphatic rings. The molecule has 8 aromatic rings. The van der Waals surface area contributed by atoms with Crippen LogP contribution in [0.25, 0.3) is 0 Å². The van der Waals surface area contributed by atoms with Gasteiger partial charge in [-0.2, -0.15) is 0 Å². The zero-order valence-electron chi connectivity index (χ0n) is 90.1.